The fourth-order valence-corrected chi connectivity index (χ4v) is 3.37. The second-order valence-corrected chi connectivity index (χ2v) is 10.8. The van der Waals surface area contributed by atoms with Crippen molar-refractivity contribution in [3.8, 4) is 0 Å². The molecule has 0 aromatic carbocycles. The normalized spacial score (nSPS) is 15.2. The Labute approximate surface area is 189 Å². The van der Waals surface area contributed by atoms with Crippen molar-refractivity contribution in [1.29, 1.82) is 0 Å². The fraction of sp³-hybridized carbons (Fsp3) is 0.750. The summed E-state index contributed by atoms with van der Waals surface area (Å²) in [5, 5.41) is 1.72. The van der Waals surface area contributed by atoms with Crippen molar-refractivity contribution < 1.29 is 0 Å². The Morgan fingerprint density at radius 2 is 0.792 bits per heavy atom. The fourth-order valence-electron chi connectivity index (χ4n) is 1.89. The molecule has 0 fully saturated rings. The molecule has 0 amide bonds. The second kappa shape index (κ2) is 11.2. The molecule has 0 spiro atoms. The molecule has 0 aliphatic rings. The van der Waals surface area contributed by atoms with E-state index in [1.165, 1.54) is 0 Å². The van der Waals surface area contributed by atoms with Crippen LogP contribution in [0.1, 0.15) is 0 Å². The van der Waals surface area contributed by atoms with Crippen LogP contribution >= 0.6 is 95.6 Å². The Kier molecular flexibility index (Phi) is 10.9. The second-order valence-electron chi connectivity index (χ2n) is 4.93. The molecule has 3 unspecified atom stereocenters. The first-order valence-corrected chi connectivity index (χ1v) is 12.9. The van der Waals surface area contributed by atoms with Crippen LogP contribution in [0.3, 0.4) is 0 Å². The van der Waals surface area contributed by atoms with E-state index < -0.39 is 17.1 Å². The number of aromatic nitrogens is 3. The van der Waals surface area contributed by atoms with Crippen molar-refractivity contribution in [1.82, 2.24) is 13.7 Å². The van der Waals surface area contributed by atoms with E-state index in [2.05, 4.69) is 95.6 Å². The molecule has 12 heteroatoms. The van der Waals surface area contributed by atoms with E-state index in [1.54, 1.807) is 0 Å². The van der Waals surface area contributed by atoms with Gasteiger partial charge in [0.1, 0.15) is 0 Å². The van der Waals surface area contributed by atoms with Gasteiger partial charge in [-0.3, -0.25) is 0 Å². The highest BCUT2D eigenvalue weighted by Crippen LogP contribution is 2.07. The number of nitrogens with zero attached hydrogens (tertiary/aromatic N) is 3. The van der Waals surface area contributed by atoms with Crippen molar-refractivity contribution in [2.24, 2.45) is 0 Å². The minimum absolute atomic E-state index is 0.103. The Morgan fingerprint density at radius 3 is 0.958 bits per heavy atom. The zero-order chi connectivity index (χ0) is 18.4. The van der Waals surface area contributed by atoms with Crippen molar-refractivity contribution >= 4 is 95.6 Å². The summed E-state index contributed by atoms with van der Waals surface area (Å²) < 4.78 is 3.30. The highest BCUT2D eigenvalue weighted by Gasteiger charge is 2.20. The first kappa shape index (κ1) is 23.3. The summed E-state index contributed by atoms with van der Waals surface area (Å²) in [5.74, 6) is 0. The van der Waals surface area contributed by atoms with Crippen molar-refractivity contribution in [3.05, 3.63) is 31.5 Å². The first-order chi connectivity index (χ1) is 11.3. The lowest BCUT2D eigenvalue weighted by Gasteiger charge is -2.17. The van der Waals surface area contributed by atoms with Crippen LogP contribution < -0.4 is 17.1 Å². The zero-order valence-corrected chi connectivity index (χ0v) is 21.8. The van der Waals surface area contributed by atoms with Crippen LogP contribution in [-0.2, 0) is 19.6 Å². The Bertz CT molecular complexity index is 590. The molecule has 0 aliphatic carbocycles. The van der Waals surface area contributed by atoms with Crippen LogP contribution in [0.4, 0.5) is 0 Å². The third-order valence-electron chi connectivity index (χ3n) is 3.03. The Hall–Kier alpha value is 1.29. The SMILES string of the molecule is O=c1n(CC(Br)CBr)c(=O)n(CC(Br)CBr)c(=O)n1CC(Br)CBr. The molecule has 24 heavy (non-hydrogen) atoms. The number of halogens is 6. The van der Waals surface area contributed by atoms with Crippen LogP contribution in [0.25, 0.3) is 0 Å². The van der Waals surface area contributed by atoms with Gasteiger partial charge >= 0.3 is 17.1 Å². The molecule has 0 aliphatic heterocycles. The average Bonchev–Trinajstić information content (AvgIpc) is 2.58. The molecular weight excluding hydrogens is 714 g/mol. The van der Waals surface area contributed by atoms with Crippen molar-refractivity contribution in [3.63, 3.8) is 0 Å². The lowest BCUT2D eigenvalue weighted by Crippen LogP contribution is -2.56. The number of alkyl halides is 6. The van der Waals surface area contributed by atoms with E-state index in [0.29, 0.717) is 16.0 Å². The molecule has 6 nitrogen and oxygen atoms in total. The minimum Gasteiger partial charge on any atom is -0.247 e. The lowest BCUT2D eigenvalue weighted by molar-refractivity contribution is 0.449. The molecule has 3 atom stereocenters. The maximum Gasteiger partial charge on any atom is 0.336 e. The Morgan fingerprint density at radius 1 is 0.583 bits per heavy atom. The van der Waals surface area contributed by atoms with Gasteiger partial charge in [0.25, 0.3) is 0 Å². The molecule has 0 N–H and O–H groups in total. The van der Waals surface area contributed by atoms with Crippen LogP contribution in [0.5, 0.6) is 0 Å². The van der Waals surface area contributed by atoms with Crippen molar-refractivity contribution in [2.75, 3.05) is 16.0 Å². The minimum atomic E-state index is -0.595. The third kappa shape index (κ3) is 6.17. The summed E-state index contributed by atoms with van der Waals surface area (Å²) in [6.07, 6.45) is 0. The van der Waals surface area contributed by atoms with Gasteiger partial charge in [0.05, 0.1) is 0 Å². The van der Waals surface area contributed by atoms with Gasteiger partial charge in [-0.1, -0.05) is 95.6 Å². The molecule has 1 heterocycles. The first-order valence-electron chi connectivity index (χ1n) is 6.81. The summed E-state index contributed by atoms with van der Waals surface area (Å²) in [6.45, 7) is 0.517. The van der Waals surface area contributed by atoms with Gasteiger partial charge in [-0.2, -0.15) is 0 Å². The maximum absolute atomic E-state index is 12.6. The molecule has 1 rings (SSSR count). The van der Waals surface area contributed by atoms with E-state index in [9.17, 15) is 14.4 Å². The van der Waals surface area contributed by atoms with E-state index in [4.69, 9.17) is 0 Å². The molecule has 0 saturated heterocycles. The van der Waals surface area contributed by atoms with Gasteiger partial charge in [-0.25, -0.2) is 28.1 Å². The average molecular weight is 729 g/mol. The number of hydrogen-bond donors (Lipinski definition) is 0. The standard InChI is InChI=1S/C12H15Br6N3O3/c13-1-7(16)4-19-10(22)20(5-8(17)2-14)12(24)21(11(19)23)6-9(18)3-15/h7-9H,1-6H2. The van der Waals surface area contributed by atoms with Gasteiger partial charge in [0, 0.05) is 50.1 Å². The van der Waals surface area contributed by atoms with Gasteiger partial charge in [-0.15, -0.1) is 0 Å². The third-order valence-corrected chi connectivity index (χ3v) is 9.82. The zero-order valence-electron chi connectivity index (χ0n) is 12.3. The molecule has 0 saturated carbocycles. The maximum atomic E-state index is 12.6. The predicted octanol–water partition coefficient (Wildman–Crippen LogP) is 2.65. The van der Waals surface area contributed by atoms with Crippen LogP contribution in [-0.4, -0.2) is 44.2 Å². The van der Waals surface area contributed by atoms with E-state index in [0.717, 1.165) is 13.7 Å². The number of hydrogen-bond acceptors (Lipinski definition) is 3. The Balaban J connectivity index is 3.55. The summed E-state index contributed by atoms with van der Waals surface area (Å²) in [5.41, 5.74) is -1.79. The van der Waals surface area contributed by atoms with Crippen molar-refractivity contribution in [2.45, 2.75) is 34.1 Å². The van der Waals surface area contributed by atoms with Gasteiger partial charge < -0.3 is 0 Å². The molecule has 0 bridgehead atoms. The topological polar surface area (TPSA) is 66.0 Å². The monoisotopic (exact) mass is 723 g/mol. The number of rotatable bonds is 9. The van der Waals surface area contributed by atoms with Gasteiger partial charge in [0.15, 0.2) is 0 Å². The van der Waals surface area contributed by atoms with E-state index in [1.807, 2.05) is 0 Å². The molecule has 0 radical (unpaired) electrons. The van der Waals surface area contributed by atoms with Crippen LogP contribution in [0.15, 0.2) is 14.4 Å². The predicted molar refractivity (Wildman–Crippen MR) is 119 cm³/mol. The van der Waals surface area contributed by atoms with E-state index >= 15 is 0 Å². The quantitative estimate of drug-likeness (QED) is 0.368. The summed E-state index contributed by atoms with van der Waals surface area (Å²) in [6, 6.07) is 0. The molecule has 1 aromatic rings. The summed E-state index contributed by atoms with van der Waals surface area (Å²) >= 11 is 20.1. The van der Waals surface area contributed by atoms with E-state index in [-0.39, 0.29) is 34.1 Å². The smallest absolute Gasteiger partial charge is 0.247 e. The summed E-state index contributed by atoms with van der Waals surface area (Å²) in [7, 11) is 0. The largest absolute Gasteiger partial charge is 0.336 e. The molecule has 138 valence electrons. The highest BCUT2D eigenvalue weighted by molar-refractivity contribution is 9.12. The molecule has 1 aromatic heterocycles. The van der Waals surface area contributed by atoms with Crippen LogP contribution in [0, 0.1) is 0 Å². The van der Waals surface area contributed by atoms with Gasteiger partial charge in [0.2, 0.25) is 0 Å². The van der Waals surface area contributed by atoms with Gasteiger partial charge in [-0.05, 0) is 0 Å². The highest BCUT2D eigenvalue weighted by atomic mass is 79.9. The summed E-state index contributed by atoms with van der Waals surface area (Å²) in [4.78, 5) is 37.6. The van der Waals surface area contributed by atoms with Crippen LogP contribution in [0.2, 0.25) is 0 Å². The lowest BCUT2D eigenvalue weighted by atomic mass is 10.4. The molecular formula is C12H15Br6N3O3.